The molecule has 10 rings (SSSR count). The number of ketones is 2. The maximum atomic E-state index is 15.0. The van der Waals surface area contributed by atoms with E-state index in [1.54, 1.807) is 78.0 Å². The summed E-state index contributed by atoms with van der Waals surface area (Å²) in [5, 5.41) is 12.9. The van der Waals surface area contributed by atoms with Gasteiger partial charge in [0, 0.05) is 150 Å². The summed E-state index contributed by atoms with van der Waals surface area (Å²) in [6, 6.07) is 8.59. The van der Waals surface area contributed by atoms with Crippen molar-refractivity contribution in [3.8, 4) is 11.5 Å². The SMILES string of the molecule is CC(=O)CC(CCCCNC(C)=O)C(=O)NC(C(=O)CC(CCCNC(N)=O)C(=O)Nc1ccc(COC(=S)N(C)CCN(C)C(=S)Oc2cc3c(c4c(C)c[nH]c24)C(CCl)CN3C(=O)C23CC(C(=O)N4CC(CCl)c5c4cc(OP(=O)(O)O)c4[nH]cc(C)c54)(C2)C3)cc1)C(C)C. The highest BCUT2D eigenvalue weighted by Gasteiger charge is 2.76. The highest BCUT2D eigenvalue weighted by Crippen LogP contribution is 2.75. The lowest BCUT2D eigenvalue weighted by atomic mass is 9.34. The third-order valence-electron chi connectivity index (χ3n) is 19.1. The number of hydrogen-bond donors (Lipinski definition) is 9. The monoisotopic (exact) mass is 1430 g/mol. The van der Waals surface area contributed by atoms with E-state index in [9.17, 15) is 47.9 Å². The topological polar surface area (TPSA) is 340 Å². The van der Waals surface area contributed by atoms with Gasteiger partial charge in [-0.25, -0.2) is 9.36 Å². The van der Waals surface area contributed by atoms with E-state index in [1.165, 1.54) is 19.9 Å². The number of nitrogens with two attached hydrogens (primary N) is 1. The number of alkyl halides is 2. The standard InChI is InChI=1S/C67H86Cl2N11O14PS2/c1-36(2)56(76-60(85)42(22-39(5)81)12-9-10-18-71-40(6)82)49(83)23-43(13-11-19-72-63(70)88)59(84)75-46-16-14-41(15-17-46)32-92-64(96)77(7)20-21-78(8)65(97)93-50-24-47-54(52-37(3)28-73-57(50)52)44(26-68)30-79(47)61(86)66-33-67(34-66,35-66)62(87)80-31-45(27-69)55-48(80)25-51(94-95(89,90)91)58-53(55)38(4)29-74-58/h14-17,24-25,28-29,36,42-45,56,73-74H,9-13,18-23,26-27,30-35H2,1-8H3,(H,71,82)(H,75,84)(H,76,85)(H3,70,72,88)(H2,89,90,91). The van der Waals surface area contributed by atoms with Crippen molar-refractivity contribution in [2.45, 2.75) is 130 Å². The number of carbonyl (C=O) groups is 8. The number of anilines is 3. The van der Waals surface area contributed by atoms with E-state index in [0.717, 1.165) is 33.2 Å². The average Bonchev–Trinajstić information content (AvgIpc) is 1.11. The van der Waals surface area contributed by atoms with Crippen LogP contribution >= 0.6 is 55.5 Å². The molecule has 5 aromatic rings. The minimum absolute atomic E-state index is 0.00640. The van der Waals surface area contributed by atoms with Crippen LogP contribution in [0.5, 0.6) is 11.5 Å². The second-order valence-corrected chi connectivity index (χ2v) is 29.3. The van der Waals surface area contributed by atoms with Crippen molar-refractivity contribution in [3.63, 3.8) is 0 Å². The highest BCUT2D eigenvalue weighted by molar-refractivity contribution is 7.80. The third-order valence-corrected chi connectivity index (χ3v) is 21.1. The Morgan fingerprint density at radius 3 is 1.77 bits per heavy atom. The zero-order valence-electron chi connectivity index (χ0n) is 55.7. The van der Waals surface area contributed by atoms with Gasteiger partial charge in [0.1, 0.15) is 12.4 Å². The summed E-state index contributed by atoms with van der Waals surface area (Å²) in [5.41, 5.74) is 10.5. The normalized spacial score (nSPS) is 19.2. The first-order valence-corrected chi connectivity index (χ1v) is 35.9. The molecule has 4 heterocycles. The van der Waals surface area contributed by atoms with Gasteiger partial charge in [-0.1, -0.05) is 32.4 Å². The zero-order valence-corrected chi connectivity index (χ0v) is 59.7. The summed E-state index contributed by atoms with van der Waals surface area (Å²) < 4.78 is 29.8. The zero-order chi connectivity index (χ0) is 70.6. The summed E-state index contributed by atoms with van der Waals surface area (Å²) in [7, 11) is -1.40. The summed E-state index contributed by atoms with van der Waals surface area (Å²) in [4.78, 5) is 139. The molecule has 524 valence electrons. The number of ether oxygens (including phenoxy) is 2. The third kappa shape index (κ3) is 16.5. The fourth-order valence-corrected chi connectivity index (χ4v) is 15.4. The Kier molecular flexibility index (Phi) is 23.4. The predicted molar refractivity (Wildman–Crippen MR) is 378 cm³/mol. The lowest BCUT2D eigenvalue weighted by Crippen LogP contribution is -2.73. The number of nitrogens with one attached hydrogen (secondary N) is 6. The van der Waals surface area contributed by atoms with Gasteiger partial charge < -0.3 is 75.4 Å². The van der Waals surface area contributed by atoms with Crippen molar-refractivity contribution in [1.29, 1.82) is 0 Å². The number of rotatable bonds is 31. The summed E-state index contributed by atoms with van der Waals surface area (Å²) in [6.45, 7) is 12.3. The molecular formula is C67H86Cl2N11O14PS2. The Morgan fingerprint density at radius 2 is 1.26 bits per heavy atom. The van der Waals surface area contributed by atoms with E-state index in [2.05, 4.69) is 31.2 Å². The van der Waals surface area contributed by atoms with Gasteiger partial charge in [0.05, 0.1) is 39.3 Å². The lowest BCUT2D eigenvalue weighted by Gasteiger charge is -2.69. The number of aromatic nitrogens is 2. The number of aryl methyl sites for hydroxylation is 2. The van der Waals surface area contributed by atoms with Crippen LogP contribution in [0.3, 0.4) is 0 Å². The van der Waals surface area contributed by atoms with Gasteiger partial charge in [-0.05, 0) is 136 Å². The molecule has 0 spiro atoms. The molecule has 25 nitrogen and oxygen atoms in total. The Labute approximate surface area is 583 Å². The molecule has 3 fully saturated rings. The van der Waals surface area contributed by atoms with Crippen LogP contribution in [0.2, 0.25) is 0 Å². The molecule has 30 heteroatoms. The molecule has 5 unspecified atom stereocenters. The van der Waals surface area contributed by atoms with Crippen LogP contribution in [0.15, 0.2) is 48.8 Å². The molecule has 2 bridgehead atoms. The van der Waals surface area contributed by atoms with Crippen molar-refractivity contribution in [3.05, 3.63) is 76.6 Å². The number of halogens is 2. The van der Waals surface area contributed by atoms with E-state index in [-0.39, 0.29) is 114 Å². The number of hydrogen-bond acceptors (Lipinski definition) is 14. The van der Waals surface area contributed by atoms with E-state index < -0.39 is 54.4 Å². The maximum absolute atomic E-state index is 15.0. The van der Waals surface area contributed by atoms with E-state index >= 15 is 4.79 Å². The van der Waals surface area contributed by atoms with Crippen molar-refractivity contribution in [2.24, 2.45) is 34.3 Å². The number of benzene rings is 3. The first-order chi connectivity index (χ1) is 45.9. The average molecular weight is 1440 g/mol. The van der Waals surface area contributed by atoms with Gasteiger partial charge in [0.15, 0.2) is 17.3 Å². The van der Waals surface area contributed by atoms with E-state index in [0.29, 0.717) is 110 Å². The highest BCUT2D eigenvalue weighted by atomic mass is 35.5. The predicted octanol–water partition coefficient (Wildman–Crippen LogP) is 8.98. The number of fused-ring (bicyclic) bond motifs is 6. The molecule has 5 atom stereocenters. The molecule has 3 aromatic carbocycles. The Morgan fingerprint density at radius 1 is 0.742 bits per heavy atom. The Balaban J connectivity index is 0.781. The van der Waals surface area contributed by atoms with E-state index in [1.807, 2.05) is 26.1 Å². The molecule has 3 aliphatic carbocycles. The van der Waals surface area contributed by atoms with Crippen molar-refractivity contribution in [2.75, 3.05) is 80.2 Å². The molecule has 0 radical (unpaired) electrons. The molecule has 2 aliphatic heterocycles. The molecule has 2 aromatic heterocycles. The lowest BCUT2D eigenvalue weighted by molar-refractivity contribution is -0.205. The number of phosphoric ester groups is 1. The maximum Gasteiger partial charge on any atom is 0.524 e. The van der Waals surface area contributed by atoms with Gasteiger partial charge >= 0.3 is 13.9 Å². The number of amides is 7. The van der Waals surface area contributed by atoms with Crippen LogP contribution < -0.4 is 46.1 Å². The quantitative estimate of drug-likeness (QED) is 0.00864. The van der Waals surface area contributed by atoms with Crippen LogP contribution in [-0.4, -0.2) is 158 Å². The number of Topliss-reactive ketones (excluding diaryl/α,β-unsaturated/α-hetero) is 2. The number of aromatic amines is 2. The first kappa shape index (κ1) is 73.8. The van der Waals surface area contributed by atoms with Gasteiger partial charge in [-0.3, -0.25) is 38.6 Å². The molecule has 10 N–H and O–H groups in total. The van der Waals surface area contributed by atoms with Crippen molar-refractivity contribution >= 4 is 152 Å². The molecule has 7 amide bonds. The number of likely N-dealkylation sites (N-methyl/N-ethyl adjacent to an activating group) is 2. The van der Waals surface area contributed by atoms with E-state index in [4.69, 9.17) is 67.4 Å². The number of thiocarbonyl (C=S) groups is 2. The fourth-order valence-electron chi connectivity index (χ4n) is 14.2. The van der Waals surface area contributed by atoms with Crippen LogP contribution in [0.25, 0.3) is 21.8 Å². The molecule has 5 aliphatic rings. The molecule has 0 saturated heterocycles. The number of nitrogens with zero attached hydrogens (tertiary/aromatic N) is 4. The van der Waals surface area contributed by atoms with Gasteiger partial charge in [0.25, 0.3) is 10.3 Å². The minimum atomic E-state index is -4.98. The molecule has 97 heavy (non-hydrogen) atoms. The molecular weight excluding hydrogens is 1350 g/mol. The first-order valence-electron chi connectivity index (χ1n) is 32.5. The van der Waals surface area contributed by atoms with Gasteiger partial charge in [0.2, 0.25) is 29.5 Å². The largest absolute Gasteiger partial charge is 0.524 e. The summed E-state index contributed by atoms with van der Waals surface area (Å²) in [5.74, 6) is -3.41. The van der Waals surface area contributed by atoms with Gasteiger partial charge in [-0.15, -0.1) is 23.2 Å². The van der Waals surface area contributed by atoms with Gasteiger partial charge in [-0.2, -0.15) is 0 Å². The number of carbonyl (C=O) groups excluding carboxylic acids is 8. The van der Waals surface area contributed by atoms with Crippen LogP contribution in [0, 0.1) is 42.4 Å². The Hall–Kier alpha value is -7.39. The number of primary amides is 1. The second-order valence-electron chi connectivity index (χ2n) is 26.8. The van der Waals surface area contributed by atoms with Crippen LogP contribution in [0.4, 0.5) is 21.9 Å². The van der Waals surface area contributed by atoms with Crippen LogP contribution in [-0.2, 0) is 49.5 Å². The number of urea groups is 1. The second kappa shape index (κ2) is 30.8. The number of unbranched alkanes of at least 4 members (excludes halogenated alkanes) is 1. The molecule has 3 saturated carbocycles. The van der Waals surface area contributed by atoms with Crippen molar-refractivity contribution in [1.82, 2.24) is 35.7 Å². The number of phosphoric acid groups is 1. The fraction of sp³-hybridized carbons (Fsp3) is 0.522. The minimum Gasteiger partial charge on any atom is -0.466 e. The van der Waals surface area contributed by atoms with Crippen molar-refractivity contribution < 1.29 is 66.7 Å². The summed E-state index contributed by atoms with van der Waals surface area (Å²) >= 11 is 24.8. The smallest absolute Gasteiger partial charge is 0.466 e. The Bertz CT molecular complexity index is 3930. The summed E-state index contributed by atoms with van der Waals surface area (Å²) in [6.07, 6.45) is 6.47. The number of H-pyrrole nitrogens is 2. The van der Waals surface area contributed by atoms with Crippen LogP contribution in [0.1, 0.15) is 132 Å².